The summed E-state index contributed by atoms with van der Waals surface area (Å²) in [6.07, 6.45) is 8.03. The number of nitrogens with two attached hydrogens (primary N) is 1. The first kappa shape index (κ1) is 32.2. The third-order valence-electron chi connectivity index (χ3n) is 7.68. The van der Waals surface area contributed by atoms with E-state index in [0.717, 1.165) is 43.2 Å². The smallest absolute Gasteiger partial charge is 0.244 e. The third-order valence-corrected chi connectivity index (χ3v) is 8.61. The Labute approximate surface area is 242 Å². The highest BCUT2D eigenvalue weighted by Crippen LogP contribution is 2.28. The second-order valence-corrected chi connectivity index (χ2v) is 12.4. The van der Waals surface area contributed by atoms with Gasteiger partial charge in [-0.25, -0.2) is 19.0 Å². The molecule has 0 saturated heterocycles. The van der Waals surface area contributed by atoms with E-state index < -0.39 is 27.9 Å². The first-order valence-electron chi connectivity index (χ1n) is 14.3. The number of sulfonamides is 1. The molecule has 11 heteroatoms. The number of amides is 3. The molecule has 2 aromatic rings. The van der Waals surface area contributed by atoms with E-state index in [0.29, 0.717) is 38.1 Å². The van der Waals surface area contributed by atoms with Crippen LogP contribution in [0.15, 0.2) is 59.5 Å². The largest absolute Gasteiger partial charge is 0.354 e. The lowest BCUT2D eigenvalue weighted by atomic mass is 9.84. The highest BCUT2D eigenvalue weighted by molar-refractivity contribution is 7.89. The number of benzene rings is 2. The molecular weight excluding hydrogens is 544 g/mol. The van der Waals surface area contributed by atoms with Gasteiger partial charge in [0.25, 0.3) is 0 Å². The summed E-state index contributed by atoms with van der Waals surface area (Å²) in [5.74, 6) is -1.68. The Morgan fingerprint density at radius 2 is 1.56 bits per heavy atom. The minimum Gasteiger partial charge on any atom is -0.354 e. The van der Waals surface area contributed by atoms with Crippen molar-refractivity contribution in [1.82, 2.24) is 16.1 Å². The van der Waals surface area contributed by atoms with Gasteiger partial charge in [-0.1, -0.05) is 74.6 Å². The second-order valence-electron chi connectivity index (χ2n) is 10.8. The van der Waals surface area contributed by atoms with Crippen molar-refractivity contribution in [1.29, 1.82) is 0 Å². The lowest BCUT2D eigenvalue weighted by Gasteiger charge is -2.28. The average molecular weight is 587 g/mol. The van der Waals surface area contributed by atoms with Crippen LogP contribution in [0.1, 0.15) is 68.9 Å². The number of carbonyl (C=O) groups excluding carboxylic acids is 3. The SMILES string of the molecule is NS(=O)(=O)c1ccc(CCNC(=O)[C@H](CC2CCCCC2)NC(=O)[C@H](CCCc2ccccc2)CC(=O)NO)cc1. The number of nitrogens with one attached hydrogen (secondary N) is 3. The fourth-order valence-electron chi connectivity index (χ4n) is 5.37. The van der Waals surface area contributed by atoms with Crippen LogP contribution in [0.25, 0.3) is 0 Å². The highest BCUT2D eigenvalue weighted by Gasteiger charge is 2.29. The molecule has 0 heterocycles. The van der Waals surface area contributed by atoms with Crippen LogP contribution < -0.4 is 21.3 Å². The molecule has 0 bridgehead atoms. The molecule has 224 valence electrons. The molecule has 1 aliphatic rings. The van der Waals surface area contributed by atoms with Gasteiger partial charge in [0.05, 0.1) is 4.90 Å². The molecule has 0 radical (unpaired) electrons. The van der Waals surface area contributed by atoms with Crippen molar-refractivity contribution in [3.05, 3.63) is 65.7 Å². The maximum Gasteiger partial charge on any atom is 0.244 e. The van der Waals surface area contributed by atoms with Crippen molar-refractivity contribution >= 4 is 27.7 Å². The highest BCUT2D eigenvalue weighted by atomic mass is 32.2. The predicted octanol–water partition coefficient (Wildman–Crippen LogP) is 2.98. The van der Waals surface area contributed by atoms with Gasteiger partial charge in [-0.3, -0.25) is 19.6 Å². The topological polar surface area (TPSA) is 168 Å². The van der Waals surface area contributed by atoms with Gasteiger partial charge < -0.3 is 10.6 Å². The molecule has 3 rings (SSSR count). The Kier molecular flexibility index (Phi) is 12.8. The molecule has 0 aliphatic heterocycles. The molecule has 41 heavy (non-hydrogen) atoms. The Morgan fingerprint density at radius 1 is 0.902 bits per heavy atom. The molecule has 1 fully saturated rings. The van der Waals surface area contributed by atoms with Crippen LogP contribution in [0.2, 0.25) is 0 Å². The zero-order valence-electron chi connectivity index (χ0n) is 23.4. The molecular formula is C30H42N4O6S. The number of rotatable bonds is 15. The van der Waals surface area contributed by atoms with E-state index >= 15 is 0 Å². The van der Waals surface area contributed by atoms with Crippen molar-refractivity contribution in [2.45, 2.75) is 81.6 Å². The summed E-state index contributed by atoms with van der Waals surface area (Å²) in [6, 6.07) is 15.3. The molecule has 10 nitrogen and oxygen atoms in total. The van der Waals surface area contributed by atoms with E-state index in [1.807, 2.05) is 30.3 Å². The second kappa shape index (κ2) is 16.2. The summed E-state index contributed by atoms with van der Waals surface area (Å²) in [5.41, 5.74) is 3.58. The van der Waals surface area contributed by atoms with Gasteiger partial charge >= 0.3 is 0 Å². The lowest BCUT2D eigenvalue weighted by molar-refractivity contribution is -0.136. The van der Waals surface area contributed by atoms with Crippen molar-refractivity contribution in [3.63, 3.8) is 0 Å². The summed E-state index contributed by atoms with van der Waals surface area (Å²) in [5, 5.41) is 20.1. The van der Waals surface area contributed by atoms with Crippen molar-refractivity contribution < 1.29 is 28.0 Å². The minimum atomic E-state index is -3.78. The molecule has 0 aromatic heterocycles. The average Bonchev–Trinajstić information content (AvgIpc) is 2.97. The first-order chi connectivity index (χ1) is 19.7. The van der Waals surface area contributed by atoms with Gasteiger partial charge in [-0.15, -0.1) is 0 Å². The summed E-state index contributed by atoms with van der Waals surface area (Å²) >= 11 is 0. The van der Waals surface area contributed by atoms with E-state index in [4.69, 9.17) is 10.3 Å². The number of primary sulfonamides is 1. The van der Waals surface area contributed by atoms with Gasteiger partial charge in [-0.05, 0) is 61.3 Å². The number of aryl methyl sites for hydroxylation is 1. The lowest BCUT2D eigenvalue weighted by Crippen LogP contribution is -2.50. The van der Waals surface area contributed by atoms with E-state index in [2.05, 4.69) is 10.6 Å². The monoisotopic (exact) mass is 586 g/mol. The van der Waals surface area contributed by atoms with Crippen LogP contribution in [-0.4, -0.2) is 43.9 Å². The number of hydrogen-bond acceptors (Lipinski definition) is 6. The van der Waals surface area contributed by atoms with Crippen LogP contribution in [0.4, 0.5) is 0 Å². The normalized spacial score (nSPS) is 15.5. The Balaban J connectivity index is 1.62. The van der Waals surface area contributed by atoms with Crippen LogP contribution in [0.3, 0.4) is 0 Å². The van der Waals surface area contributed by atoms with Crippen molar-refractivity contribution in [2.75, 3.05) is 6.54 Å². The van der Waals surface area contributed by atoms with Gasteiger partial charge in [0.1, 0.15) is 6.04 Å². The van der Waals surface area contributed by atoms with Crippen LogP contribution in [0.5, 0.6) is 0 Å². The Morgan fingerprint density at radius 3 is 2.20 bits per heavy atom. The quantitative estimate of drug-likeness (QED) is 0.159. The van der Waals surface area contributed by atoms with E-state index in [1.165, 1.54) is 18.6 Å². The molecule has 1 aliphatic carbocycles. The Bertz CT molecular complexity index is 1230. The summed E-state index contributed by atoms with van der Waals surface area (Å²) in [7, 11) is -3.78. The standard InChI is InChI=1S/C30H42N4O6S/c31-41(39,40)26-16-14-23(15-17-26)18-19-32-30(37)27(20-24-10-5-2-6-11-24)33-29(36)25(21-28(35)34-38)13-7-12-22-8-3-1-4-9-22/h1,3-4,8-9,14-17,24-25,27,38H,2,5-7,10-13,18-21H2,(H,32,37)(H,33,36)(H,34,35)(H2,31,39,40)/t25-,27+/m1/s1. The summed E-state index contributed by atoms with van der Waals surface area (Å²) < 4.78 is 22.9. The number of carbonyl (C=O) groups is 3. The summed E-state index contributed by atoms with van der Waals surface area (Å²) in [4.78, 5) is 38.7. The van der Waals surface area contributed by atoms with Crippen LogP contribution >= 0.6 is 0 Å². The maximum atomic E-state index is 13.4. The zero-order valence-corrected chi connectivity index (χ0v) is 24.2. The molecule has 2 aromatic carbocycles. The van der Waals surface area contributed by atoms with Gasteiger partial charge in [-0.2, -0.15) is 0 Å². The van der Waals surface area contributed by atoms with E-state index in [-0.39, 0.29) is 23.1 Å². The minimum absolute atomic E-state index is 0.0220. The van der Waals surface area contributed by atoms with Crippen molar-refractivity contribution in [3.8, 4) is 0 Å². The predicted molar refractivity (Wildman–Crippen MR) is 155 cm³/mol. The van der Waals surface area contributed by atoms with Gasteiger partial charge in [0, 0.05) is 18.9 Å². The first-order valence-corrected chi connectivity index (χ1v) is 15.9. The van der Waals surface area contributed by atoms with E-state index in [1.54, 1.807) is 17.6 Å². The number of hydrogen-bond donors (Lipinski definition) is 5. The summed E-state index contributed by atoms with van der Waals surface area (Å²) in [6.45, 7) is 0.304. The molecule has 1 saturated carbocycles. The maximum absolute atomic E-state index is 13.4. The van der Waals surface area contributed by atoms with Crippen molar-refractivity contribution in [2.24, 2.45) is 17.0 Å². The van der Waals surface area contributed by atoms with Crippen LogP contribution in [-0.2, 0) is 37.2 Å². The molecule has 2 atom stereocenters. The van der Waals surface area contributed by atoms with Gasteiger partial charge in [0.15, 0.2) is 0 Å². The molecule has 6 N–H and O–H groups in total. The zero-order chi connectivity index (χ0) is 29.7. The molecule has 0 spiro atoms. The number of hydroxylamine groups is 1. The fraction of sp³-hybridized carbons (Fsp3) is 0.500. The third kappa shape index (κ3) is 11.3. The fourth-order valence-corrected chi connectivity index (χ4v) is 5.88. The van der Waals surface area contributed by atoms with E-state index in [9.17, 15) is 22.8 Å². The van der Waals surface area contributed by atoms with Gasteiger partial charge in [0.2, 0.25) is 27.7 Å². The van der Waals surface area contributed by atoms with Crippen LogP contribution in [0, 0.1) is 11.8 Å². The Hall–Kier alpha value is -3.28. The molecule has 3 amide bonds. The molecule has 0 unspecified atom stereocenters.